The molecule has 6 nitrogen and oxygen atoms in total. The van der Waals surface area contributed by atoms with Crippen LogP contribution in [0.15, 0.2) is 12.1 Å². The summed E-state index contributed by atoms with van der Waals surface area (Å²) in [5, 5.41) is 3.01. The van der Waals surface area contributed by atoms with Gasteiger partial charge in [-0.2, -0.15) is 0 Å². The Morgan fingerprint density at radius 2 is 1.78 bits per heavy atom. The molecule has 0 saturated carbocycles. The van der Waals surface area contributed by atoms with Gasteiger partial charge in [-0.05, 0) is 56.9 Å². The second kappa shape index (κ2) is 8.85. The molecular weight excluding hydrogens is 344 g/mol. The van der Waals surface area contributed by atoms with Crippen molar-refractivity contribution < 1.29 is 19.1 Å². The second-order valence-electron chi connectivity index (χ2n) is 7.85. The Kier molecular flexibility index (Phi) is 7.00. The van der Waals surface area contributed by atoms with Gasteiger partial charge in [0.15, 0.2) is 0 Å². The molecule has 27 heavy (non-hydrogen) atoms. The van der Waals surface area contributed by atoms with E-state index in [0.29, 0.717) is 11.3 Å². The van der Waals surface area contributed by atoms with Gasteiger partial charge in [-0.1, -0.05) is 13.8 Å². The van der Waals surface area contributed by atoms with Crippen molar-refractivity contribution >= 4 is 17.6 Å². The highest BCUT2D eigenvalue weighted by atomic mass is 16.5. The summed E-state index contributed by atoms with van der Waals surface area (Å²) in [4.78, 5) is 27.3. The van der Waals surface area contributed by atoms with Gasteiger partial charge in [0, 0.05) is 18.8 Å². The first-order valence-corrected chi connectivity index (χ1v) is 9.54. The molecule has 1 saturated heterocycles. The Hall–Kier alpha value is -1.92. The lowest BCUT2D eigenvalue weighted by Gasteiger charge is -2.41. The summed E-state index contributed by atoms with van der Waals surface area (Å²) < 4.78 is 10.7. The van der Waals surface area contributed by atoms with Crippen molar-refractivity contribution in [1.82, 2.24) is 4.90 Å². The summed E-state index contributed by atoms with van der Waals surface area (Å²) >= 11 is 0. The van der Waals surface area contributed by atoms with E-state index >= 15 is 0 Å². The number of anilines is 1. The fourth-order valence-electron chi connectivity index (χ4n) is 3.80. The number of esters is 1. The van der Waals surface area contributed by atoms with Crippen molar-refractivity contribution in [3.05, 3.63) is 28.8 Å². The van der Waals surface area contributed by atoms with Crippen LogP contribution in [0.4, 0.5) is 5.69 Å². The Labute approximate surface area is 162 Å². The maximum absolute atomic E-state index is 13.1. The number of amides is 1. The van der Waals surface area contributed by atoms with Gasteiger partial charge in [0.05, 0.1) is 30.9 Å². The number of rotatable bonds is 5. The largest absolute Gasteiger partial charge is 0.465 e. The third-order valence-electron chi connectivity index (χ3n) is 5.08. The molecule has 1 aromatic rings. The number of nitrogens with one attached hydrogen (secondary N) is 1. The van der Waals surface area contributed by atoms with Crippen LogP contribution in [0, 0.1) is 19.8 Å². The van der Waals surface area contributed by atoms with E-state index in [0.717, 1.165) is 24.2 Å². The predicted molar refractivity (Wildman–Crippen MR) is 106 cm³/mol. The molecule has 1 amide bonds. The molecular formula is C21H32N2O4. The first-order chi connectivity index (χ1) is 12.6. The number of nitrogens with zero attached hydrogens (tertiary/aromatic N) is 1. The standard InChI is InChI=1S/C21H32N2O4/c1-12(2)19(23-10-14(4)27-15(5)11-23)20(24)22-17-8-13(3)16(6)18(9-17)21(25)26-7/h8-9,12,14-15,19H,10-11H2,1-7H3,(H,22,24). The number of hydrogen-bond acceptors (Lipinski definition) is 5. The first-order valence-electron chi connectivity index (χ1n) is 9.54. The van der Waals surface area contributed by atoms with Crippen LogP contribution < -0.4 is 5.32 Å². The Bertz CT molecular complexity index is 692. The maximum Gasteiger partial charge on any atom is 0.338 e. The predicted octanol–water partition coefficient (Wildman–Crippen LogP) is 3.16. The summed E-state index contributed by atoms with van der Waals surface area (Å²) in [5.41, 5.74) is 2.88. The van der Waals surface area contributed by atoms with Crippen LogP contribution in [0.25, 0.3) is 0 Å². The molecule has 1 aliphatic rings. The monoisotopic (exact) mass is 376 g/mol. The third-order valence-corrected chi connectivity index (χ3v) is 5.08. The molecule has 1 heterocycles. The Morgan fingerprint density at radius 1 is 1.19 bits per heavy atom. The van der Waals surface area contributed by atoms with Crippen LogP contribution in [0.5, 0.6) is 0 Å². The molecule has 1 aliphatic heterocycles. The number of hydrogen-bond donors (Lipinski definition) is 1. The van der Waals surface area contributed by atoms with Crippen LogP contribution in [-0.4, -0.2) is 55.2 Å². The molecule has 1 N–H and O–H groups in total. The number of carbonyl (C=O) groups excluding carboxylic acids is 2. The van der Waals surface area contributed by atoms with E-state index in [4.69, 9.17) is 9.47 Å². The van der Waals surface area contributed by atoms with Crippen molar-refractivity contribution in [2.45, 2.75) is 59.8 Å². The molecule has 1 fully saturated rings. The van der Waals surface area contributed by atoms with E-state index < -0.39 is 5.97 Å². The van der Waals surface area contributed by atoms with Crippen LogP contribution in [0.3, 0.4) is 0 Å². The highest BCUT2D eigenvalue weighted by Crippen LogP contribution is 2.23. The zero-order chi connectivity index (χ0) is 20.3. The summed E-state index contributed by atoms with van der Waals surface area (Å²) in [6, 6.07) is 3.32. The summed E-state index contributed by atoms with van der Waals surface area (Å²) in [6.45, 7) is 13.4. The van der Waals surface area contributed by atoms with Crippen molar-refractivity contribution in [1.29, 1.82) is 0 Å². The minimum absolute atomic E-state index is 0.0645. The quantitative estimate of drug-likeness (QED) is 0.800. The van der Waals surface area contributed by atoms with Gasteiger partial charge >= 0.3 is 5.97 Å². The van der Waals surface area contributed by atoms with Crippen molar-refractivity contribution in [3.8, 4) is 0 Å². The molecule has 0 aromatic heterocycles. The highest BCUT2D eigenvalue weighted by Gasteiger charge is 2.34. The van der Waals surface area contributed by atoms with Crippen LogP contribution >= 0.6 is 0 Å². The molecule has 2 rings (SSSR count). The zero-order valence-electron chi connectivity index (χ0n) is 17.5. The molecule has 150 valence electrons. The molecule has 0 bridgehead atoms. The average molecular weight is 376 g/mol. The van der Waals surface area contributed by atoms with Crippen molar-refractivity contribution in [2.24, 2.45) is 5.92 Å². The number of morpholine rings is 1. The zero-order valence-corrected chi connectivity index (χ0v) is 17.5. The van der Waals surface area contributed by atoms with E-state index in [1.807, 2.05) is 33.8 Å². The fourth-order valence-corrected chi connectivity index (χ4v) is 3.80. The lowest BCUT2D eigenvalue weighted by molar-refractivity contribution is -0.130. The van der Waals surface area contributed by atoms with E-state index in [1.54, 1.807) is 6.07 Å². The number of benzene rings is 1. The molecule has 1 aromatic carbocycles. The normalized spacial score (nSPS) is 21.8. The fraction of sp³-hybridized carbons (Fsp3) is 0.619. The summed E-state index contributed by atoms with van der Waals surface area (Å²) in [6.07, 6.45) is 0.186. The molecule has 3 unspecified atom stereocenters. The van der Waals surface area contributed by atoms with E-state index in [-0.39, 0.29) is 30.1 Å². The summed E-state index contributed by atoms with van der Waals surface area (Å²) in [7, 11) is 1.36. The second-order valence-corrected chi connectivity index (χ2v) is 7.85. The van der Waals surface area contributed by atoms with E-state index in [1.165, 1.54) is 7.11 Å². The van der Waals surface area contributed by atoms with Crippen LogP contribution in [0.1, 0.15) is 49.2 Å². The first kappa shape index (κ1) is 21.4. The number of aryl methyl sites for hydroxylation is 1. The highest BCUT2D eigenvalue weighted by molar-refractivity contribution is 5.98. The minimum Gasteiger partial charge on any atom is -0.465 e. The minimum atomic E-state index is -0.400. The maximum atomic E-state index is 13.1. The van der Waals surface area contributed by atoms with E-state index in [2.05, 4.69) is 24.1 Å². The van der Waals surface area contributed by atoms with Crippen molar-refractivity contribution in [3.63, 3.8) is 0 Å². The lowest BCUT2D eigenvalue weighted by atomic mass is 9.98. The molecule has 0 aliphatic carbocycles. The van der Waals surface area contributed by atoms with Gasteiger partial charge in [0.25, 0.3) is 0 Å². The molecule has 0 spiro atoms. The molecule has 6 heteroatoms. The van der Waals surface area contributed by atoms with Gasteiger partial charge in [-0.25, -0.2) is 4.79 Å². The summed E-state index contributed by atoms with van der Waals surface area (Å²) in [5.74, 6) is -0.317. The van der Waals surface area contributed by atoms with Crippen LogP contribution in [0.2, 0.25) is 0 Å². The average Bonchev–Trinajstić information content (AvgIpc) is 2.56. The molecule has 3 atom stereocenters. The topological polar surface area (TPSA) is 67.9 Å². The van der Waals surface area contributed by atoms with Gasteiger partial charge in [0.1, 0.15) is 0 Å². The molecule has 0 radical (unpaired) electrons. The number of ether oxygens (including phenoxy) is 2. The van der Waals surface area contributed by atoms with Gasteiger partial charge in [0.2, 0.25) is 5.91 Å². The smallest absolute Gasteiger partial charge is 0.338 e. The van der Waals surface area contributed by atoms with Crippen LogP contribution in [-0.2, 0) is 14.3 Å². The number of methoxy groups -OCH3 is 1. The Balaban J connectivity index is 2.25. The van der Waals surface area contributed by atoms with Crippen molar-refractivity contribution in [2.75, 3.05) is 25.5 Å². The third kappa shape index (κ3) is 5.08. The SMILES string of the molecule is COC(=O)c1cc(NC(=O)C(C(C)C)N2CC(C)OC(C)C2)cc(C)c1C. The lowest BCUT2D eigenvalue weighted by Crippen LogP contribution is -2.55. The van der Waals surface area contributed by atoms with E-state index in [9.17, 15) is 9.59 Å². The van der Waals surface area contributed by atoms with Gasteiger partial charge in [-0.3, -0.25) is 9.69 Å². The van der Waals surface area contributed by atoms with Gasteiger partial charge in [-0.15, -0.1) is 0 Å². The van der Waals surface area contributed by atoms with Gasteiger partial charge < -0.3 is 14.8 Å². The number of carbonyl (C=O) groups is 2. The Morgan fingerprint density at radius 3 is 2.30 bits per heavy atom.